The van der Waals surface area contributed by atoms with Crippen molar-refractivity contribution in [2.75, 3.05) is 43.4 Å². The van der Waals surface area contributed by atoms with Crippen molar-refractivity contribution in [3.05, 3.63) is 126 Å². The summed E-state index contributed by atoms with van der Waals surface area (Å²) in [7, 11) is -7.50. The molecule has 0 radical (unpaired) electrons. The first-order valence-electron chi connectivity index (χ1n) is 18.7. The predicted molar refractivity (Wildman–Crippen MR) is 216 cm³/mol. The van der Waals surface area contributed by atoms with Crippen molar-refractivity contribution in [3.8, 4) is 0 Å². The molecule has 4 aromatic rings. The van der Waals surface area contributed by atoms with E-state index in [1.165, 1.54) is 17.7 Å². The molecule has 0 aliphatic carbocycles. The number of benzene rings is 3. The fraction of sp³-hybridized carbons (Fsp3) is 0.415. The van der Waals surface area contributed by atoms with Crippen LogP contribution in [0, 0.1) is 13.8 Å². The standard InChI is InChI=1S/C41H53N7O4S2/c1-32-40(33(2)43-31-42-32)34(3)46-26-21-41(4,22-27-46)47-24-19-38(20-25-47)48(30-36-11-7-5-8-12-36)37-17-15-35(16-18-37)29-45-53(49,50)28-23-44-54(51,52)39-13-9-6-10-14-39/h5-18,31,38,44-45H,3,19-30H2,1-2,4H3. The highest BCUT2D eigenvalue weighted by Gasteiger charge is 2.39. The van der Waals surface area contributed by atoms with Crippen LogP contribution in [-0.4, -0.2) is 86.7 Å². The van der Waals surface area contributed by atoms with E-state index in [-0.39, 0.29) is 29.3 Å². The Hall–Kier alpha value is -4.14. The molecule has 54 heavy (non-hydrogen) atoms. The van der Waals surface area contributed by atoms with E-state index >= 15 is 0 Å². The van der Waals surface area contributed by atoms with E-state index < -0.39 is 20.0 Å². The Morgan fingerprint density at radius 1 is 0.815 bits per heavy atom. The zero-order valence-corrected chi connectivity index (χ0v) is 33.2. The smallest absolute Gasteiger partial charge is 0.240 e. The number of sulfonamides is 2. The van der Waals surface area contributed by atoms with Crippen LogP contribution in [0.5, 0.6) is 0 Å². The summed E-state index contributed by atoms with van der Waals surface area (Å²) in [6, 6.07) is 26.9. The average Bonchev–Trinajstić information content (AvgIpc) is 3.17. The minimum absolute atomic E-state index is 0.0978. The summed E-state index contributed by atoms with van der Waals surface area (Å²) in [5.41, 5.74) is 7.34. The first kappa shape index (κ1) is 39.6. The predicted octanol–water partition coefficient (Wildman–Crippen LogP) is 5.49. The van der Waals surface area contributed by atoms with Gasteiger partial charge >= 0.3 is 0 Å². The molecule has 0 saturated carbocycles. The van der Waals surface area contributed by atoms with Gasteiger partial charge in [-0.1, -0.05) is 67.2 Å². The zero-order chi connectivity index (χ0) is 38.3. The third kappa shape index (κ3) is 9.74. The number of anilines is 1. The molecule has 0 spiro atoms. The fourth-order valence-corrected chi connectivity index (χ4v) is 9.82. The number of aryl methyl sites for hydroxylation is 2. The number of rotatable bonds is 15. The van der Waals surface area contributed by atoms with E-state index in [0.29, 0.717) is 6.04 Å². The molecule has 11 nitrogen and oxygen atoms in total. The van der Waals surface area contributed by atoms with Crippen LogP contribution in [0.2, 0.25) is 0 Å². The molecule has 1 aromatic heterocycles. The van der Waals surface area contributed by atoms with Crippen molar-refractivity contribution in [2.24, 2.45) is 0 Å². The fourth-order valence-electron chi connectivity index (χ4n) is 7.74. The van der Waals surface area contributed by atoms with Gasteiger partial charge in [0.25, 0.3) is 0 Å². The number of aromatic nitrogens is 2. The summed E-state index contributed by atoms with van der Waals surface area (Å²) in [6.07, 6.45) is 5.87. The van der Waals surface area contributed by atoms with E-state index in [2.05, 4.69) is 84.0 Å². The number of likely N-dealkylation sites (tertiary alicyclic amines) is 2. The normalized spacial score (nSPS) is 17.0. The van der Waals surface area contributed by atoms with Gasteiger partial charge in [0.1, 0.15) is 6.33 Å². The largest absolute Gasteiger partial charge is 0.371 e. The van der Waals surface area contributed by atoms with Gasteiger partial charge in [0.05, 0.1) is 22.0 Å². The van der Waals surface area contributed by atoms with E-state index in [9.17, 15) is 16.8 Å². The Kier molecular flexibility index (Phi) is 12.5. The SMILES string of the molecule is C=C(c1c(C)ncnc1C)N1CCC(C)(N2CCC(N(Cc3ccccc3)c3ccc(CNS(=O)(=O)CCNS(=O)(=O)c4ccccc4)cc3)CC2)CC1. The summed E-state index contributed by atoms with van der Waals surface area (Å²) < 4.78 is 55.4. The Labute approximate surface area is 321 Å². The van der Waals surface area contributed by atoms with Gasteiger partial charge in [-0.05, 0) is 81.8 Å². The molecule has 2 N–H and O–H groups in total. The van der Waals surface area contributed by atoms with Gasteiger partial charge < -0.3 is 9.80 Å². The molecule has 2 aliphatic heterocycles. The van der Waals surface area contributed by atoms with Gasteiger partial charge in [-0.2, -0.15) is 0 Å². The van der Waals surface area contributed by atoms with E-state index in [4.69, 9.17) is 0 Å². The molecule has 288 valence electrons. The monoisotopic (exact) mass is 771 g/mol. The molecule has 0 bridgehead atoms. The Morgan fingerprint density at radius 3 is 2.02 bits per heavy atom. The van der Waals surface area contributed by atoms with Gasteiger partial charge in [-0.3, -0.25) is 4.90 Å². The van der Waals surface area contributed by atoms with Crippen LogP contribution in [0.25, 0.3) is 5.70 Å². The molecule has 13 heteroatoms. The highest BCUT2D eigenvalue weighted by Crippen LogP contribution is 2.36. The van der Waals surface area contributed by atoms with E-state index in [0.717, 1.165) is 92.3 Å². The molecular formula is C41H53N7O4S2. The molecule has 0 atom stereocenters. The van der Waals surface area contributed by atoms with Gasteiger partial charge in [-0.25, -0.2) is 36.2 Å². The molecule has 3 heterocycles. The summed E-state index contributed by atoms with van der Waals surface area (Å²) in [5.74, 6) is -0.365. The number of piperidine rings is 2. The number of nitrogens with zero attached hydrogens (tertiary/aromatic N) is 5. The first-order valence-corrected chi connectivity index (χ1v) is 21.9. The number of hydrogen-bond acceptors (Lipinski definition) is 9. The minimum atomic E-state index is -3.78. The van der Waals surface area contributed by atoms with Crippen LogP contribution < -0.4 is 14.3 Å². The van der Waals surface area contributed by atoms with Crippen molar-refractivity contribution in [1.82, 2.24) is 29.2 Å². The van der Waals surface area contributed by atoms with Gasteiger partial charge in [0.15, 0.2) is 0 Å². The molecule has 6 rings (SSSR count). The maximum atomic E-state index is 12.7. The number of nitrogens with one attached hydrogen (secondary N) is 2. The molecule has 3 aromatic carbocycles. The van der Waals surface area contributed by atoms with Crippen molar-refractivity contribution in [2.45, 2.75) is 76.0 Å². The van der Waals surface area contributed by atoms with Gasteiger partial charge in [0, 0.05) is 74.3 Å². The van der Waals surface area contributed by atoms with Crippen LogP contribution in [-0.2, 0) is 33.1 Å². The molecule has 2 saturated heterocycles. The molecule has 0 amide bonds. The highest BCUT2D eigenvalue weighted by atomic mass is 32.2. The van der Waals surface area contributed by atoms with Crippen LogP contribution in [0.3, 0.4) is 0 Å². The summed E-state index contributed by atoms with van der Waals surface area (Å²) in [4.78, 5) is 16.5. The summed E-state index contributed by atoms with van der Waals surface area (Å²) in [6.45, 7) is 15.6. The average molecular weight is 772 g/mol. The Bertz CT molecular complexity index is 2060. The summed E-state index contributed by atoms with van der Waals surface area (Å²) in [5, 5.41) is 0. The highest BCUT2D eigenvalue weighted by molar-refractivity contribution is 7.90. The van der Waals surface area contributed by atoms with Crippen molar-refractivity contribution in [3.63, 3.8) is 0 Å². The van der Waals surface area contributed by atoms with Crippen LogP contribution in [0.15, 0.2) is 103 Å². The van der Waals surface area contributed by atoms with Crippen LogP contribution in [0.1, 0.15) is 60.7 Å². The quantitative estimate of drug-likeness (QED) is 0.161. The first-order chi connectivity index (χ1) is 25.8. The van der Waals surface area contributed by atoms with Crippen LogP contribution >= 0.6 is 0 Å². The second kappa shape index (κ2) is 17.1. The topological polar surface area (TPSA) is 128 Å². The maximum absolute atomic E-state index is 12.7. The third-order valence-corrected chi connectivity index (χ3v) is 13.9. The molecular weight excluding hydrogens is 719 g/mol. The Balaban J connectivity index is 1.04. The lowest BCUT2D eigenvalue weighted by molar-refractivity contribution is 0.0298. The van der Waals surface area contributed by atoms with Crippen molar-refractivity contribution < 1.29 is 16.8 Å². The molecule has 0 unspecified atom stereocenters. The maximum Gasteiger partial charge on any atom is 0.240 e. The summed E-state index contributed by atoms with van der Waals surface area (Å²) >= 11 is 0. The lowest BCUT2D eigenvalue weighted by atomic mass is 9.85. The van der Waals surface area contributed by atoms with E-state index in [1.807, 2.05) is 32.0 Å². The Morgan fingerprint density at radius 2 is 1.41 bits per heavy atom. The van der Waals surface area contributed by atoms with E-state index in [1.54, 1.807) is 24.5 Å². The molecule has 2 aliphatic rings. The van der Waals surface area contributed by atoms with Gasteiger partial charge in [-0.15, -0.1) is 0 Å². The van der Waals surface area contributed by atoms with Gasteiger partial charge in [0.2, 0.25) is 20.0 Å². The zero-order valence-electron chi connectivity index (χ0n) is 31.6. The second-order valence-corrected chi connectivity index (χ2v) is 18.4. The second-order valence-electron chi connectivity index (χ2n) is 14.7. The van der Waals surface area contributed by atoms with Crippen LogP contribution in [0.4, 0.5) is 5.69 Å². The lowest BCUT2D eigenvalue weighted by Crippen LogP contribution is -2.57. The van der Waals surface area contributed by atoms with Crippen molar-refractivity contribution >= 4 is 31.4 Å². The third-order valence-electron chi connectivity index (χ3n) is 11.1. The number of hydrogen-bond donors (Lipinski definition) is 2. The molecule has 2 fully saturated rings. The lowest BCUT2D eigenvalue weighted by Gasteiger charge is -2.51. The minimum Gasteiger partial charge on any atom is -0.371 e. The van der Waals surface area contributed by atoms with Crippen molar-refractivity contribution in [1.29, 1.82) is 0 Å².